The van der Waals surface area contributed by atoms with E-state index in [9.17, 15) is 4.79 Å². The molecule has 21 heavy (non-hydrogen) atoms. The van der Waals surface area contributed by atoms with Gasteiger partial charge in [-0.3, -0.25) is 0 Å². The Labute approximate surface area is 127 Å². The van der Waals surface area contributed by atoms with Crippen LogP contribution in [0.5, 0.6) is 5.75 Å². The molecule has 0 saturated carbocycles. The van der Waals surface area contributed by atoms with Crippen LogP contribution in [0.1, 0.15) is 51.4 Å². The van der Waals surface area contributed by atoms with Gasteiger partial charge in [0.25, 0.3) is 0 Å². The van der Waals surface area contributed by atoms with Crippen LogP contribution in [0.4, 0.5) is 0 Å². The van der Waals surface area contributed by atoms with E-state index in [0.29, 0.717) is 12.2 Å². The number of carbonyl (C=O) groups is 1. The summed E-state index contributed by atoms with van der Waals surface area (Å²) in [5, 5.41) is 0. The van der Waals surface area contributed by atoms with Crippen molar-refractivity contribution in [3.8, 4) is 5.75 Å². The average molecular weight is 294 g/mol. The van der Waals surface area contributed by atoms with E-state index >= 15 is 0 Å². The Morgan fingerprint density at radius 2 is 1.62 bits per heavy atom. The number of esters is 1. The largest absolute Gasteiger partial charge is 0.488 e. The van der Waals surface area contributed by atoms with Gasteiger partial charge in [-0.15, -0.1) is 0 Å². The fourth-order valence-electron chi connectivity index (χ4n) is 1.75. The second kappa shape index (κ2) is 6.94. The zero-order chi connectivity index (χ0) is 16.1. The van der Waals surface area contributed by atoms with Crippen molar-refractivity contribution in [2.24, 2.45) is 0 Å². The number of carbonyl (C=O) groups excluding carboxylic acids is 1. The highest BCUT2D eigenvalue weighted by atomic mass is 16.5. The first-order valence-electron chi connectivity index (χ1n) is 7.14. The van der Waals surface area contributed by atoms with Crippen LogP contribution >= 0.6 is 0 Å². The second-order valence-electron chi connectivity index (χ2n) is 6.59. The topological polar surface area (TPSA) is 44.8 Å². The maximum Gasteiger partial charge on any atom is 0.337 e. The van der Waals surface area contributed by atoms with Crippen molar-refractivity contribution in [3.63, 3.8) is 0 Å². The first kappa shape index (κ1) is 17.5. The van der Waals surface area contributed by atoms with Crippen LogP contribution in [0, 0.1) is 0 Å². The lowest BCUT2D eigenvalue weighted by atomic mass is 10.1. The number of methoxy groups -OCH3 is 1. The third kappa shape index (κ3) is 6.63. The van der Waals surface area contributed by atoms with Crippen LogP contribution in [0.25, 0.3) is 0 Å². The van der Waals surface area contributed by atoms with Gasteiger partial charge in [0.05, 0.1) is 24.9 Å². The quantitative estimate of drug-likeness (QED) is 0.748. The number of benzene rings is 1. The van der Waals surface area contributed by atoms with Crippen LogP contribution in [0.3, 0.4) is 0 Å². The zero-order valence-electron chi connectivity index (χ0n) is 13.9. The molecule has 1 aromatic rings. The Balaban J connectivity index is 2.56. The van der Waals surface area contributed by atoms with Gasteiger partial charge >= 0.3 is 5.97 Å². The molecule has 0 radical (unpaired) electrons. The van der Waals surface area contributed by atoms with Crippen molar-refractivity contribution in [1.82, 2.24) is 0 Å². The molecule has 0 N–H and O–H groups in total. The van der Waals surface area contributed by atoms with Gasteiger partial charge in [-0.25, -0.2) is 4.79 Å². The maximum atomic E-state index is 11.4. The molecule has 0 atom stereocenters. The monoisotopic (exact) mass is 294 g/mol. The lowest BCUT2D eigenvalue weighted by Gasteiger charge is -2.28. The van der Waals surface area contributed by atoms with E-state index in [1.54, 1.807) is 24.3 Å². The molecule has 0 bridgehead atoms. The summed E-state index contributed by atoms with van der Waals surface area (Å²) in [6, 6.07) is 6.95. The van der Waals surface area contributed by atoms with Gasteiger partial charge in [0, 0.05) is 6.42 Å². The first-order chi connectivity index (χ1) is 9.63. The van der Waals surface area contributed by atoms with Crippen LogP contribution < -0.4 is 4.74 Å². The van der Waals surface area contributed by atoms with Crippen LogP contribution in [-0.4, -0.2) is 30.9 Å². The summed E-state index contributed by atoms with van der Waals surface area (Å²) in [5.41, 5.74) is 0.0368. The molecule has 1 aromatic carbocycles. The minimum atomic E-state index is -0.348. The molecule has 0 aliphatic heterocycles. The average Bonchev–Trinajstić information content (AvgIpc) is 2.36. The Morgan fingerprint density at radius 3 is 2.10 bits per heavy atom. The molecule has 0 unspecified atom stereocenters. The van der Waals surface area contributed by atoms with E-state index < -0.39 is 0 Å². The number of ether oxygens (including phenoxy) is 3. The summed E-state index contributed by atoms with van der Waals surface area (Å²) < 4.78 is 16.3. The molecule has 4 nitrogen and oxygen atoms in total. The molecule has 0 fully saturated rings. The molecule has 0 spiro atoms. The van der Waals surface area contributed by atoms with Crippen molar-refractivity contribution >= 4 is 5.97 Å². The van der Waals surface area contributed by atoms with Gasteiger partial charge in [-0.1, -0.05) is 0 Å². The Morgan fingerprint density at radius 1 is 1.05 bits per heavy atom. The molecule has 4 heteroatoms. The zero-order valence-corrected chi connectivity index (χ0v) is 13.9. The molecule has 0 aliphatic carbocycles. The summed E-state index contributed by atoms with van der Waals surface area (Å²) >= 11 is 0. The van der Waals surface area contributed by atoms with E-state index in [1.807, 2.05) is 34.6 Å². The minimum absolute atomic E-state index is 0.141. The summed E-state index contributed by atoms with van der Waals surface area (Å²) in [6.07, 6.45) is 0.781. The molecular weight excluding hydrogens is 268 g/mol. The molecule has 0 heterocycles. The fourth-order valence-corrected chi connectivity index (χ4v) is 1.75. The Bertz CT molecular complexity index is 455. The lowest BCUT2D eigenvalue weighted by molar-refractivity contribution is -0.0292. The summed E-state index contributed by atoms with van der Waals surface area (Å²) in [4.78, 5) is 11.4. The van der Waals surface area contributed by atoms with Gasteiger partial charge < -0.3 is 14.2 Å². The minimum Gasteiger partial charge on any atom is -0.488 e. The van der Waals surface area contributed by atoms with E-state index in [2.05, 4.69) is 4.74 Å². The van der Waals surface area contributed by atoms with E-state index in [4.69, 9.17) is 9.47 Å². The van der Waals surface area contributed by atoms with Gasteiger partial charge in [0.15, 0.2) is 0 Å². The second-order valence-corrected chi connectivity index (χ2v) is 6.59. The standard InChI is InChI=1S/C17H26O4/c1-16(2,3)20-12-11-17(4,5)21-14-9-7-13(8-10-14)15(18)19-6/h7-10H,11-12H2,1-6H3. The highest BCUT2D eigenvalue weighted by Crippen LogP contribution is 2.22. The first-order valence-corrected chi connectivity index (χ1v) is 7.14. The predicted octanol–water partition coefficient (Wildman–Crippen LogP) is 3.84. The molecule has 1 rings (SSSR count). The van der Waals surface area contributed by atoms with Crippen LogP contribution in [0.2, 0.25) is 0 Å². The highest BCUT2D eigenvalue weighted by Gasteiger charge is 2.21. The van der Waals surface area contributed by atoms with Gasteiger partial charge in [-0.05, 0) is 58.9 Å². The number of rotatable bonds is 6. The van der Waals surface area contributed by atoms with Gasteiger partial charge in [-0.2, -0.15) is 0 Å². The number of hydrogen-bond acceptors (Lipinski definition) is 4. The predicted molar refractivity (Wildman–Crippen MR) is 82.8 cm³/mol. The molecule has 0 saturated heterocycles. The van der Waals surface area contributed by atoms with Gasteiger partial charge in [0.1, 0.15) is 11.4 Å². The Hall–Kier alpha value is -1.55. The van der Waals surface area contributed by atoms with Crippen LogP contribution in [0.15, 0.2) is 24.3 Å². The molecule has 0 aromatic heterocycles. The lowest BCUT2D eigenvalue weighted by Crippen LogP contribution is -2.32. The summed E-state index contributed by atoms with van der Waals surface area (Å²) in [6.45, 7) is 10.8. The van der Waals surface area contributed by atoms with Crippen molar-refractivity contribution in [2.45, 2.75) is 52.2 Å². The molecule has 118 valence electrons. The van der Waals surface area contributed by atoms with Crippen molar-refractivity contribution < 1.29 is 19.0 Å². The third-order valence-electron chi connectivity index (χ3n) is 2.91. The molecule has 0 amide bonds. The Kier molecular flexibility index (Phi) is 5.78. The smallest absolute Gasteiger partial charge is 0.337 e. The van der Waals surface area contributed by atoms with E-state index in [1.165, 1.54) is 7.11 Å². The fraction of sp³-hybridized carbons (Fsp3) is 0.588. The van der Waals surface area contributed by atoms with E-state index in [0.717, 1.165) is 12.2 Å². The van der Waals surface area contributed by atoms with Gasteiger partial charge in [0.2, 0.25) is 0 Å². The normalized spacial score (nSPS) is 12.1. The van der Waals surface area contributed by atoms with Crippen molar-refractivity contribution in [1.29, 1.82) is 0 Å². The van der Waals surface area contributed by atoms with Crippen LogP contribution in [-0.2, 0) is 9.47 Å². The number of hydrogen-bond donors (Lipinski definition) is 0. The van der Waals surface area contributed by atoms with E-state index in [-0.39, 0.29) is 17.2 Å². The SMILES string of the molecule is COC(=O)c1ccc(OC(C)(C)CCOC(C)(C)C)cc1. The maximum absolute atomic E-state index is 11.4. The molecule has 0 aliphatic rings. The van der Waals surface area contributed by atoms with Crippen molar-refractivity contribution in [2.75, 3.05) is 13.7 Å². The van der Waals surface area contributed by atoms with Crippen molar-refractivity contribution in [3.05, 3.63) is 29.8 Å². The third-order valence-corrected chi connectivity index (χ3v) is 2.91. The highest BCUT2D eigenvalue weighted by molar-refractivity contribution is 5.89. The summed E-state index contributed by atoms with van der Waals surface area (Å²) in [5.74, 6) is 0.378. The molecular formula is C17H26O4. The summed E-state index contributed by atoms with van der Waals surface area (Å²) in [7, 11) is 1.37.